The maximum atomic E-state index is 11.8. The van der Waals surface area contributed by atoms with Crippen molar-refractivity contribution in [3.63, 3.8) is 0 Å². The van der Waals surface area contributed by atoms with Crippen molar-refractivity contribution >= 4 is 21.8 Å². The Labute approximate surface area is 121 Å². The number of aromatic amines is 2. The predicted octanol–water partition coefficient (Wildman–Crippen LogP) is 3.98. The Morgan fingerprint density at radius 2 is 1.67 bits per heavy atom. The maximum Gasteiger partial charge on any atom is 0.248 e. The predicted molar refractivity (Wildman–Crippen MR) is 86.6 cm³/mol. The Morgan fingerprint density at radius 3 is 2.48 bits per heavy atom. The van der Waals surface area contributed by atoms with Gasteiger partial charge in [-0.2, -0.15) is 0 Å². The Balaban J connectivity index is 2.08. The number of hydrogen-bond acceptors (Lipinski definition) is 1. The molecule has 2 N–H and O–H groups in total. The van der Waals surface area contributed by atoms with E-state index in [2.05, 4.69) is 34.2 Å². The second kappa shape index (κ2) is 4.35. The third-order valence-corrected chi connectivity index (χ3v) is 3.91. The van der Waals surface area contributed by atoms with Gasteiger partial charge in [-0.3, -0.25) is 4.79 Å². The monoisotopic (exact) mass is 274 g/mol. The molecule has 3 heteroatoms. The summed E-state index contributed by atoms with van der Waals surface area (Å²) < 4.78 is 0. The molecule has 0 saturated carbocycles. The molecule has 0 aliphatic carbocycles. The lowest BCUT2D eigenvalue weighted by Crippen LogP contribution is -2.04. The van der Waals surface area contributed by atoms with E-state index in [9.17, 15) is 4.79 Å². The average molecular weight is 274 g/mol. The van der Waals surface area contributed by atoms with E-state index < -0.39 is 0 Å². The van der Waals surface area contributed by atoms with Crippen LogP contribution in [-0.4, -0.2) is 9.97 Å². The van der Waals surface area contributed by atoms with Crippen LogP contribution in [0, 0.1) is 6.92 Å². The first kappa shape index (κ1) is 12.0. The van der Waals surface area contributed by atoms with Gasteiger partial charge in [0, 0.05) is 28.0 Å². The van der Waals surface area contributed by atoms with Crippen LogP contribution in [0.3, 0.4) is 0 Å². The molecule has 4 rings (SSSR count). The van der Waals surface area contributed by atoms with Crippen LogP contribution >= 0.6 is 0 Å². The lowest BCUT2D eigenvalue weighted by molar-refractivity contribution is 1.29. The van der Waals surface area contributed by atoms with Gasteiger partial charge in [0.2, 0.25) is 5.56 Å². The lowest BCUT2D eigenvalue weighted by Gasteiger charge is -2.02. The quantitative estimate of drug-likeness (QED) is 0.542. The van der Waals surface area contributed by atoms with Crippen molar-refractivity contribution < 1.29 is 0 Å². The first-order chi connectivity index (χ1) is 10.2. The van der Waals surface area contributed by atoms with E-state index in [1.807, 2.05) is 31.2 Å². The number of nitrogens with one attached hydrogen (secondary N) is 2. The van der Waals surface area contributed by atoms with Crippen LogP contribution in [0.15, 0.2) is 59.4 Å². The summed E-state index contributed by atoms with van der Waals surface area (Å²) in [4.78, 5) is 18.1. The van der Waals surface area contributed by atoms with E-state index in [1.54, 1.807) is 6.07 Å². The highest BCUT2D eigenvalue weighted by Crippen LogP contribution is 2.29. The molecular formula is C18H14N2O. The highest BCUT2D eigenvalue weighted by Gasteiger charge is 2.08. The molecule has 2 heterocycles. The summed E-state index contributed by atoms with van der Waals surface area (Å²) in [5.41, 5.74) is 5.06. The van der Waals surface area contributed by atoms with Crippen molar-refractivity contribution in [3.8, 4) is 11.3 Å². The summed E-state index contributed by atoms with van der Waals surface area (Å²) in [7, 11) is 0. The normalized spacial score (nSPS) is 11.3. The molecule has 4 aromatic rings. The molecule has 0 saturated heterocycles. The topological polar surface area (TPSA) is 48.6 Å². The highest BCUT2D eigenvalue weighted by atomic mass is 16.1. The minimum atomic E-state index is -0.0602. The molecular weight excluding hydrogens is 260 g/mol. The summed E-state index contributed by atoms with van der Waals surface area (Å²) in [5, 5.41) is 2.13. The summed E-state index contributed by atoms with van der Waals surface area (Å²) >= 11 is 0. The molecule has 0 amide bonds. The van der Waals surface area contributed by atoms with Crippen LogP contribution in [-0.2, 0) is 0 Å². The molecule has 102 valence electrons. The van der Waals surface area contributed by atoms with E-state index in [4.69, 9.17) is 0 Å². The Bertz CT molecular complexity index is 1010. The molecule has 0 fully saturated rings. The first-order valence-electron chi connectivity index (χ1n) is 6.93. The van der Waals surface area contributed by atoms with E-state index in [0.717, 1.165) is 38.6 Å². The van der Waals surface area contributed by atoms with Crippen LogP contribution in [0.4, 0.5) is 0 Å². The zero-order chi connectivity index (χ0) is 14.4. The lowest BCUT2D eigenvalue weighted by atomic mass is 10.1. The van der Waals surface area contributed by atoms with Gasteiger partial charge in [0.15, 0.2) is 0 Å². The molecule has 21 heavy (non-hydrogen) atoms. The number of benzene rings is 2. The van der Waals surface area contributed by atoms with Crippen molar-refractivity contribution in [2.75, 3.05) is 0 Å². The highest BCUT2D eigenvalue weighted by molar-refractivity contribution is 6.06. The average Bonchev–Trinajstić information content (AvgIpc) is 2.92. The fraction of sp³-hybridized carbons (Fsp3) is 0.0556. The van der Waals surface area contributed by atoms with Gasteiger partial charge in [-0.25, -0.2) is 0 Å². The number of H-pyrrole nitrogens is 2. The summed E-state index contributed by atoms with van der Waals surface area (Å²) in [6.07, 6.45) is 0. The molecule has 0 bridgehead atoms. The number of fused-ring (bicyclic) bond motifs is 3. The fourth-order valence-corrected chi connectivity index (χ4v) is 2.87. The minimum absolute atomic E-state index is 0.0602. The molecule has 0 aliphatic rings. The van der Waals surface area contributed by atoms with E-state index in [0.29, 0.717) is 0 Å². The smallest absolute Gasteiger partial charge is 0.248 e. The van der Waals surface area contributed by atoms with Gasteiger partial charge in [-0.15, -0.1) is 0 Å². The number of rotatable bonds is 1. The number of aryl methyl sites for hydroxylation is 1. The minimum Gasteiger partial charge on any atom is -0.354 e. The van der Waals surface area contributed by atoms with Gasteiger partial charge in [0.05, 0.1) is 5.52 Å². The van der Waals surface area contributed by atoms with E-state index in [-0.39, 0.29) is 5.56 Å². The molecule has 2 aromatic heterocycles. The van der Waals surface area contributed by atoms with Gasteiger partial charge in [0.25, 0.3) is 0 Å². The molecule has 0 unspecified atom stereocenters. The molecule has 3 nitrogen and oxygen atoms in total. The van der Waals surface area contributed by atoms with Crippen LogP contribution in [0.5, 0.6) is 0 Å². The third-order valence-electron chi connectivity index (χ3n) is 3.91. The Hall–Kier alpha value is -2.81. The SMILES string of the molecule is Cc1cc(=O)[nH]c2c1ccc1[nH]c(-c3ccccc3)cc12. The van der Waals surface area contributed by atoms with Crippen LogP contribution in [0.25, 0.3) is 33.1 Å². The van der Waals surface area contributed by atoms with Crippen molar-refractivity contribution in [2.45, 2.75) is 6.92 Å². The van der Waals surface area contributed by atoms with Gasteiger partial charge in [-0.05, 0) is 30.2 Å². The van der Waals surface area contributed by atoms with Crippen molar-refractivity contribution in [1.82, 2.24) is 9.97 Å². The van der Waals surface area contributed by atoms with E-state index >= 15 is 0 Å². The number of hydrogen-bond donors (Lipinski definition) is 2. The second-order valence-electron chi connectivity index (χ2n) is 5.31. The van der Waals surface area contributed by atoms with E-state index in [1.165, 1.54) is 0 Å². The van der Waals surface area contributed by atoms with Gasteiger partial charge < -0.3 is 9.97 Å². The van der Waals surface area contributed by atoms with Crippen LogP contribution in [0.2, 0.25) is 0 Å². The third kappa shape index (κ3) is 1.86. The zero-order valence-electron chi connectivity index (χ0n) is 11.6. The largest absolute Gasteiger partial charge is 0.354 e. The van der Waals surface area contributed by atoms with Crippen molar-refractivity contribution in [1.29, 1.82) is 0 Å². The Kier molecular flexibility index (Phi) is 2.48. The molecule has 0 atom stereocenters. The first-order valence-corrected chi connectivity index (χ1v) is 6.93. The summed E-state index contributed by atoms with van der Waals surface area (Å²) in [6, 6.07) is 18.0. The van der Waals surface area contributed by atoms with Gasteiger partial charge in [0.1, 0.15) is 0 Å². The van der Waals surface area contributed by atoms with Gasteiger partial charge in [-0.1, -0.05) is 36.4 Å². The second-order valence-corrected chi connectivity index (χ2v) is 5.31. The number of pyridine rings is 1. The summed E-state index contributed by atoms with van der Waals surface area (Å²) in [5.74, 6) is 0. The number of aromatic nitrogens is 2. The van der Waals surface area contributed by atoms with Crippen LogP contribution in [0.1, 0.15) is 5.56 Å². The molecule has 0 spiro atoms. The molecule has 0 aliphatic heterocycles. The maximum absolute atomic E-state index is 11.8. The molecule has 0 radical (unpaired) electrons. The Morgan fingerprint density at radius 1 is 0.857 bits per heavy atom. The summed E-state index contributed by atoms with van der Waals surface area (Å²) in [6.45, 7) is 1.97. The van der Waals surface area contributed by atoms with Gasteiger partial charge >= 0.3 is 0 Å². The fourth-order valence-electron chi connectivity index (χ4n) is 2.87. The standard InChI is InChI=1S/C18H14N2O/c1-11-9-17(21)20-18-13(11)7-8-15-14(18)10-16(19-15)12-5-3-2-4-6-12/h2-10,19H,1H3,(H,20,21). The zero-order valence-corrected chi connectivity index (χ0v) is 11.6. The molecule has 2 aromatic carbocycles. The van der Waals surface area contributed by atoms with Crippen LogP contribution < -0.4 is 5.56 Å². The van der Waals surface area contributed by atoms with Crippen molar-refractivity contribution in [2.24, 2.45) is 0 Å². The van der Waals surface area contributed by atoms with Crippen molar-refractivity contribution in [3.05, 3.63) is 70.5 Å².